The van der Waals surface area contributed by atoms with Crippen molar-refractivity contribution in [1.29, 1.82) is 0 Å². The molecule has 1 fully saturated rings. The third-order valence-corrected chi connectivity index (χ3v) is 5.58. The second-order valence-corrected chi connectivity index (χ2v) is 7.26. The molecule has 0 atom stereocenters. The predicted octanol–water partition coefficient (Wildman–Crippen LogP) is 2.63. The summed E-state index contributed by atoms with van der Waals surface area (Å²) in [6.07, 6.45) is 3.99. The van der Waals surface area contributed by atoms with E-state index in [-0.39, 0.29) is 5.91 Å². The Morgan fingerprint density at radius 2 is 1.86 bits per heavy atom. The number of aliphatic imine (C=N–C) groups is 1. The SMILES string of the molecule is CSc1ccc(/C=C2\SC(N3CCN(C)CC3)=NC2=O)cc1. The molecule has 4 nitrogen and oxygen atoms in total. The van der Waals surface area contributed by atoms with Gasteiger partial charge in [0.05, 0.1) is 4.91 Å². The van der Waals surface area contributed by atoms with E-state index in [9.17, 15) is 4.79 Å². The van der Waals surface area contributed by atoms with Gasteiger partial charge in [-0.3, -0.25) is 4.79 Å². The van der Waals surface area contributed by atoms with Crippen LogP contribution in [0.3, 0.4) is 0 Å². The summed E-state index contributed by atoms with van der Waals surface area (Å²) in [6.45, 7) is 3.91. The first-order valence-corrected chi connectivity index (χ1v) is 9.30. The van der Waals surface area contributed by atoms with E-state index in [1.807, 2.05) is 18.2 Å². The van der Waals surface area contributed by atoms with E-state index in [1.54, 1.807) is 11.8 Å². The Morgan fingerprint density at radius 1 is 1.18 bits per heavy atom. The van der Waals surface area contributed by atoms with E-state index in [0.717, 1.165) is 36.9 Å². The second-order valence-electron chi connectivity index (χ2n) is 5.37. The number of nitrogens with zero attached hydrogens (tertiary/aromatic N) is 3. The number of likely N-dealkylation sites (N-methyl/N-ethyl adjacent to an activating group) is 1. The van der Waals surface area contributed by atoms with Gasteiger partial charge in [0.2, 0.25) is 0 Å². The van der Waals surface area contributed by atoms with Gasteiger partial charge < -0.3 is 9.80 Å². The van der Waals surface area contributed by atoms with Gasteiger partial charge in [0, 0.05) is 31.1 Å². The first-order chi connectivity index (χ1) is 10.7. The number of benzene rings is 1. The molecule has 2 aliphatic heterocycles. The van der Waals surface area contributed by atoms with E-state index < -0.39 is 0 Å². The molecule has 0 N–H and O–H groups in total. The molecule has 0 radical (unpaired) electrons. The number of hydrogen-bond acceptors (Lipinski definition) is 5. The minimum absolute atomic E-state index is 0.118. The summed E-state index contributed by atoms with van der Waals surface area (Å²) in [5.74, 6) is -0.118. The Kier molecular flexibility index (Phi) is 4.90. The van der Waals surface area contributed by atoms with Gasteiger partial charge in [-0.15, -0.1) is 11.8 Å². The molecule has 1 saturated heterocycles. The largest absolute Gasteiger partial charge is 0.348 e. The Morgan fingerprint density at radius 3 is 2.50 bits per heavy atom. The van der Waals surface area contributed by atoms with Crippen LogP contribution in [-0.2, 0) is 4.79 Å². The number of amides is 1. The monoisotopic (exact) mass is 333 g/mol. The standard InChI is InChI=1S/C16H19N3OS2/c1-18-7-9-19(10-8-18)16-17-15(20)14(22-16)11-12-3-5-13(21-2)6-4-12/h3-6,11H,7-10H2,1-2H3/b14-11-. The predicted molar refractivity (Wildman–Crippen MR) is 95.3 cm³/mol. The van der Waals surface area contributed by atoms with Gasteiger partial charge in [-0.1, -0.05) is 12.1 Å². The van der Waals surface area contributed by atoms with Crippen molar-refractivity contribution >= 4 is 40.7 Å². The maximum atomic E-state index is 12.1. The van der Waals surface area contributed by atoms with Gasteiger partial charge in [0.25, 0.3) is 5.91 Å². The summed E-state index contributed by atoms with van der Waals surface area (Å²) in [7, 11) is 2.12. The fraction of sp³-hybridized carbons (Fsp3) is 0.375. The molecule has 0 bridgehead atoms. The van der Waals surface area contributed by atoms with Crippen LogP contribution < -0.4 is 0 Å². The molecule has 0 aromatic heterocycles. The maximum Gasteiger partial charge on any atom is 0.286 e. The molecule has 1 aromatic carbocycles. The Labute approximate surface area is 139 Å². The molecule has 1 aromatic rings. The van der Waals surface area contributed by atoms with Crippen molar-refractivity contribution in [3.8, 4) is 0 Å². The molecule has 2 heterocycles. The highest BCUT2D eigenvalue weighted by Gasteiger charge is 2.27. The van der Waals surface area contributed by atoms with Crippen LogP contribution in [0, 0.1) is 0 Å². The van der Waals surface area contributed by atoms with Crippen molar-refractivity contribution in [3.05, 3.63) is 34.7 Å². The van der Waals surface area contributed by atoms with Crippen LogP contribution in [0.15, 0.2) is 39.1 Å². The van der Waals surface area contributed by atoms with E-state index in [2.05, 4.69) is 40.2 Å². The first-order valence-electron chi connectivity index (χ1n) is 7.26. The molecule has 1 amide bonds. The second kappa shape index (κ2) is 6.89. The number of carbonyl (C=O) groups is 1. The van der Waals surface area contributed by atoms with Crippen molar-refractivity contribution in [2.75, 3.05) is 39.5 Å². The average Bonchev–Trinajstić information content (AvgIpc) is 2.90. The zero-order chi connectivity index (χ0) is 15.5. The molecule has 0 aliphatic carbocycles. The molecule has 3 rings (SSSR count). The normalized spacial score (nSPS) is 21.5. The van der Waals surface area contributed by atoms with Gasteiger partial charge in [-0.2, -0.15) is 4.99 Å². The summed E-state index contributed by atoms with van der Waals surface area (Å²) in [5.41, 5.74) is 1.04. The lowest BCUT2D eigenvalue weighted by molar-refractivity contribution is -0.113. The van der Waals surface area contributed by atoms with Gasteiger partial charge in [0.15, 0.2) is 5.17 Å². The Balaban J connectivity index is 1.69. The van der Waals surface area contributed by atoms with Crippen molar-refractivity contribution in [1.82, 2.24) is 9.80 Å². The minimum atomic E-state index is -0.118. The summed E-state index contributed by atoms with van der Waals surface area (Å²) < 4.78 is 0. The summed E-state index contributed by atoms with van der Waals surface area (Å²) in [4.78, 5) is 22.8. The Hall–Kier alpha value is -1.24. The van der Waals surface area contributed by atoms with Crippen LogP contribution >= 0.6 is 23.5 Å². The van der Waals surface area contributed by atoms with Crippen LogP contribution in [0.5, 0.6) is 0 Å². The molecule has 0 saturated carbocycles. The molecule has 116 valence electrons. The van der Waals surface area contributed by atoms with E-state index in [4.69, 9.17) is 0 Å². The quantitative estimate of drug-likeness (QED) is 0.614. The van der Waals surface area contributed by atoms with Crippen LogP contribution in [0.2, 0.25) is 0 Å². The van der Waals surface area contributed by atoms with Crippen LogP contribution in [-0.4, -0.2) is 60.4 Å². The molecule has 2 aliphatic rings. The molecular formula is C16H19N3OS2. The smallest absolute Gasteiger partial charge is 0.286 e. The molecule has 22 heavy (non-hydrogen) atoms. The van der Waals surface area contributed by atoms with Gasteiger partial charge in [0.1, 0.15) is 0 Å². The van der Waals surface area contributed by atoms with E-state index in [1.165, 1.54) is 16.7 Å². The van der Waals surface area contributed by atoms with Gasteiger partial charge >= 0.3 is 0 Å². The van der Waals surface area contributed by atoms with Crippen LogP contribution in [0.1, 0.15) is 5.56 Å². The average molecular weight is 333 g/mol. The zero-order valence-corrected chi connectivity index (χ0v) is 14.4. The highest BCUT2D eigenvalue weighted by molar-refractivity contribution is 8.18. The lowest BCUT2D eigenvalue weighted by atomic mass is 10.2. The number of hydrogen-bond donors (Lipinski definition) is 0. The third kappa shape index (κ3) is 3.56. The summed E-state index contributed by atoms with van der Waals surface area (Å²) in [6, 6.07) is 8.23. The fourth-order valence-electron chi connectivity index (χ4n) is 2.38. The zero-order valence-electron chi connectivity index (χ0n) is 12.8. The lowest BCUT2D eigenvalue weighted by Crippen LogP contribution is -2.46. The van der Waals surface area contributed by atoms with Crippen molar-refractivity contribution in [3.63, 3.8) is 0 Å². The van der Waals surface area contributed by atoms with Crippen molar-refractivity contribution < 1.29 is 4.79 Å². The summed E-state index contributed by atoms with van der Waals surface area (Å²) in [5, 5.41) is 0.852. The molecule has 0 unspecified atom stereocenters. The maximum absolute atomic E-state index is 12.1. The first kappa shape index (κ1) is 15.6. The lowest BCUT2D eigenvalue weighted by Gasteiger charge is -2.32. The van der Waals surface area contributed by atoms with Gasteiger partial charge in [-0.05, 0) is 48.8 Å². The highest BCUT2D eigenvalue weighted by Crippen LogP contribution is 2.30. The molecule has 0 spiro atoms. The number of amidine groups is 1. The topological polar surface area (TPSA) is 35.9 Å². The van der Waals surface area contributed by atoms with Crippen LogP contribution in [0.4, 0.5) is 0 Å². The molecular weight excluding hydrogens is 314 g/mol. The number of carbonyl (C=O) groups excluding carboxylic acids is 1. The van der Waals surface area contributed by atoms with Crippen molar-refractivity contribution in [2.24, 2.45) is 4.99 Å². The number of rotatable bonds is 2. The fourth-order valence-corrected chi connectivity index (χ4v) is 3.76. The minimum Gasteiger partial charge on any atom is -0.348 e. The number of piperazine rings is 1. The Bertz CT molecular complexity index is 617. The van der Waals surface area contributed by atoms with Gasteiger partial charge in [-0.25, -0.2) is 0 Å². The third-order valence-electron chi connectivity index (χ3n) is 3.80. The van der Waals surface area contributed by atoms with E-state index in [0.29, 0.717) is 4.91 Å². The molecule has 6 heteroatoms. The number of thioether (sulfide) groups is 2. The summed E-state index contributed by atoms with van der Waals surface area (Å²) >= 11 is 3.21. The van der Waals surface area contributed by atoms with Crippen molar-refractivity contribution in [2.45, 2.75) is 4.90 Å². The highest BCUT2D eigenvalue weighted by atomic mass is 32.2. The van der Waals surface area contributed by atoms with E-state index >= 15 is 0 Å². The van der Waals surface area contributed by atoms with Crippen LogP contribution in [0.25, 0.3) is 6.08 Å².